The number of aryl methyl sites for hydroxylation is 2. The molecule has 6 nitrogen and oxygen atoms in total. The first-order valence-corrected chi connectivity index (χ1v) is 11.7. The quantitative estimate of drug-likeness (QED) is 0.560. The fraction of sp³-hybridized carbons (Fsp3) is 0.400. The lowest BCUT2D eigenvalue weighted by atomic mass is 10.0. The fourth-order valence-corrected chi connectivity index (χ4v) is 4.63. The number of benzene rings is 2. The summed E-state index contributed by atoms with van der Waals surface area (Å²) in [6, 6.07) is 16.3. The minimum absolute atomic E-state index is 0.0215. The van der Waals surface area contributed by atoms with Crippen molar-refractivity contribution in [2.45, 2.75) is 52.9 Å². The van der Waals surface area contributed by atoms with E-state index in [1.165, 1.54) is 5.56 Å². The van der Waals surface area contributed by atoms with Crippen LogP contribution in [0.5, 0.6) is 0 Å². The number of carbonyl (C=O) groups is 1. The number of piperidine rings is 1. The Labute approximate surface area is 194 Å². The molecule has 1 saturated heterocycles. The van der Waals surface area contributed by atoms with Gasteiger partial charge in [0.15, 0.2) is 10.6 Å². The lowest BCUT2D eigenvalue weighted by Gasteiger charge is -2.32. The molecule has 168 valence electrons. The third-order valence-electron chi connectivity index (χ3n) is 6.16. The molecule has 4 rings (SSSR count). The average molecular weight is 450 g/mol. The van der Waals surface area contributed by atoms with Crippen molar-refractivity contribution >= 4 is 18.1 Å². The van der Waals surface area contributed by atoms with Gasteiger partial charge >= 0.3 is 0 Å². The van der Waals surface area contributed by atoms with Crippen LogP contribution in [0.1, 0.15) is 41.3 Å². The molecule has 0 spiro atoms. The lowest BCUT2D eigenvalue weighted by molar-refractivity contribution is 0.0895. The molecule has 32 heavy (non-hydrogen) atoms. The second-order valence-electron chi connectivity index (χ2n) is 8.54. The Bertz CT molecular complexity index is 1160. The molecule has 1 N–H and O–H groups in total. The van der Waals surface area contributed by atoms with Gasteiger partial charge in [-0.1, -0.05) is 42.0 Å². The SMILES string of the molecule is CCn1c(-c2cccc(C)c2)nn(CN2CCC(NC(=O)c3ccccc3C)CC2)c1=S. The van der Waals surface area contributed by atoms with Crippen LogP contribution in [-0.4, -0.2) is 44.3 Å². The molecule has 0 radical (unpaired) electrons. The van der Waals surface area contributed by atoms with Crippen molar-refractivity contribution in [3.63, 3.8) is 0 Å². The highest BCUT2D eigenvalue weighted by Crippen LogP contribution is 2.21. The largest absolute Gasteiger partial charge is 0.349 e. The maximum atomic E-state index is 12.6. The molecule has 0 atom stereocenters. The van der Waals surface area contributed by atoms with Gasteiger partial charge in [0, 0.05) is 36.8 Å². The lowest BCUT2D eigenvalue weighted by Crippen LogP contribution is -2.45. The predicted molar refractivity (Wildman–Crippen MR) is 130 cm³/mol. The summed E-state index contributed by atoms with van der Waals surface area (Å²) in [4.78, 5) is 15.0. The highest BCUT2D eigenvalue weighted by atomic mass is 32.1. The van der Waals surface area contributed by atoms with E-state index in [4.69, 9.17) is 17.3 Å². The van der Waals surface area contributed by atoms with Crippen molar-refractivity contribution < 1.29 is 4.79 Å². The van der Waals surface area contributed by atoms with Gasteiger partial charge in [0.1, 0.15) is 0 Å². The number of aromatic nitrogens is 3. The summed E-state index contributed by atoms with van der Waals surface area (Å²) in [6.07, 6.45) is 1.84. The highest BCUT2D eigenvalue weighted by Gasteiger charge is 2.23. The van der Waals surface area contributed by atoms with Gasteiger partial charge in [-0.05, 0) is 63.5 Å². The smallest absolute Gasteiger partial charge is 0.251 e. The Morgan fingerprint density at radius 2 is 1.88 bits per heavy atom. The van der Waals surface area contributed by atoms with Gasteiger partial charge in [-0.3, -0.25) is 9.69 Å². The van der Waals surface area contributed by atoms with Crippen LogP contribution in [0, 0.1) is 18.6 Å². The highest BCUT2D eigenvalue weighted by molar-refractivity contribution is 7.71. The van der Waals surface area contributed by atoms with Gasteiger partial charge in [-0.2, -0.15) is 5.10 Å². The van der Waals surface area contributed by atoms with Gasteiger partial charge in [0.2, 0.25) is 0 Å². The summed E-state index contributed by atoms with van der Waals surface area (Å²) in [5.74, 6) is 0.940. The van der Waals surface area contributed by atoms with Crippen LogP contribution >= 0.6 is 12.2 Å². The molecule has 1 aliphatic heterocycles. The summed E-state index contributed by atoms with van der Waals surface area (Å²) < 4.78 is 4.78. The Balaban J connectivity index is 1.40. The Hall–Kier alpha value is -2.77. The first-order valence-electron chi connectivity index (χ1n) is 11.3. The maximum absolute atomic E-state index is 12.6. The molecule has 3 aromatic rings. The summed E-state index contributed by atoms with van der Waals surface area (Å²) >= 11 is 5.74. The second-order valence-corrected chi connectivity index (χ2v) is 8.91. The van der Waals surface area contributed by atoms with Crippen molar-refractivity contribution in [1.29, 1.82) is 0 Å². The van der Waals surface area contributed by atoms with Crippen LogP contribution in [0.2, 0.25) is 0 Å². The van der Waals surface area contributed by atoms with E-state index in [2.05, 4.69) is 52.9 Å². The number of nitrogens with one attached hydrogen (secondary N) is 1. The van der Waals surface area contributed by atoms with Gasteiger partial charge in [0.25, 0.3) is 5.91 Å². The zero-order valence-corrected chi connectivity index (χ0v) is 19.9. The van der Waals surface area contributed by atoms with Crippen molar-refractivity contribution in [2.24, 2.45) is 0 Å². The Kier molecular flexibility index (Phi) is 6.86. The predicted octanol–water partition coefficient (Wildman–Crippen LogP) is 4.57. The van der Waals surface area contributed by atoms with Gasteiger partial charge in [-0.15, -0.1) is 0 Å². The standard InChI is InChI=1S/C25H31N5OS/c1-4-29-23(20-10-7-8-18(2)16-20)27-30(25(29)32)17-28-14-12-21(13-15-28)26-24(31)22-11-6-5-9-19(22)3/h5-11,16,21H,4,12-15,17H2,1-3H3,(H,26,31). The van der Waals surface area contributed by atoms with E-state index in [1.54, 1.807) is 0 Å². The molecule has 7 heteroatoms. The van der Waals surface area contributed by atoms with Crippen LogP contribution in [0.15, 0.2) is 48.5 Å². The second kappa shape index (κ2) is 9.79. The maximum Gasteiger partial charge on any atom is 0.251 e. The Morgan fingerprint density at radius 3 is 2.56 bits per heavy atom. The fourth-order valence-electron chi connectivity index (χ4n) is 4.31. The van der Waals surface area contributed by atoms with Crippen molar-refractivity contribution in [3.8, 4) is 11.4 Å². The van der Waals surface area contributed by atoms with E-state index >= 15 is 0 Å². The molecular formula is C25H31N5OS. The molecule has 0 aliphatic carbocycles. The molecule has 1 fully saturated rings. The van der Waals surface area contributed by atoms with E-state index in [9.17, 15) is 4.79 Å². The summed E-state index contributed by atoms with van der Waals surface area (Å²) in [7, 11) is 0. The Morgan fingerprint density at radius 1 is 1.12 bits per heavy atom. The van der Waals surface area contributed by atoms with Gasteiger partial charge in [-0.25, -0.2) is 4.68 Å². The number of likely N-dealkylation sites (tertiary alicyclic amines) is 1. The van der Waals surface area contributed by atoms with E-state index < -0.39 is 0 Å². The topological polar surface area (TPSA) is 55.1 Å². The van der Waals surface area contributed by atoms with Crippen LogP contribution in [-0.2, 0) is 13.2 Å². The van der Waals surface area contributed by atoms with Crippen LogP contribution in [0.3, 0.4) is 0 Å². The molecule has 2 heterocycles. The molecule has 2 aromatic carbocycles. The van der Waals surface area contributed by atoms with Crippen LogP contribution < -0.4 is 5.32 Å². The number of carbonyl (C=O) groups excluding carboxylic acids is 1. The van der Waals surface area contributed by atoms with Crippen molar-refractivity contribution in [1.82, 2.24) is 24.6 Å². The third-order valence-corrected chi connectivity index (χ3v) is 6.59. The van der Waals surface area contributed by atoms with E-state index in [1.807, 2.05) is 35.9 Å². The van der Waals surface area contributed by atoms with Crippen molar-refractivity contribution in [3.05, 3.63) is 70.0 Å². The van der Waals surface area contributed by atoms with Crippen LogP contribution in [0.25, 0.3) is 11.4 Å². The number of amides is 1. The minimum Gasteiger partial charge on any atom is -0.349 e. The number of nitrogens with zero attached hydrogens (tertiary/aromatic N) is 4. The molecule has 1 aliphatic rings. The number of hydrogen-bond acceptors (Lipinski definition) is 4. The molecule has 0 unspecified atom stereocenters. The summed E-state index contributed by atoms with van der Waals surface area (Å²) in [5.41, 5.74) is 4.07. The zero-order chi connectivity index (χ0) is 22.7. The van der Waals surface area contributed by atoms with Crippen molar-refractivity contribution in [2.75, 3.05) is 13.1 Å². The van der Waals surface area contributed by atoms with E-state index in [-0.39, 0.29) is 11.9 Å². The molecule has 1 amide bonds. The normalized spacial score (nSPS) is 15.1. The van der Waals surface area contributed by atoms with Crippen LogP contribution in [0.4, 0.5) is 0 Å². The summed E-state index contributed by atoms with van der Waals surface area (Å²) in [5, 5.41) is 8.08. The van der Waals surface area contributed by atoms with Gasteiger partial charge < -0.3 is 9.88 Å². The van der Waals surface area contributed by atoms with Gasteiger partial charge in [0.05, 0.1) is 6.67 Å². The van der Waals surface area contributed by atoms with E-state index in [0.717, 1.165) is 59.8 Å². The monoisotopic (exact) mass is 449 g/mol. The molecular weight excluding hydrogens is 418 g/mol. The zero-order valence-electron chi connectivity index (χ0n) is 19.0. The average Bonchev–Trinajstić information content (AvgIpc) is 3.10. The minimum atomic E-state index is 0.0215. The number of rotatable bonds is 6. The molecule has 0 saturated carbocycles. The third kappa shape index (κ3) is 4.84. The number of hydrogen-bond donors (Lipinski definition) is 1. The first kappa shape index (κ1) is 22.4. The first-order chi connectivity index (χ1) is 15.5. The summed E-state index contributed by atoms with van der Waals surface area (Å²) in [6.45, 7) is 9.43. The molecule has 1 aromatic heterocycles. The molecule has 0 bridgehead atoms. The van der Waals surface area contributed by atoms with E-state index in [0.29, 0.717) is 6.67 Å².